The lowest BCUT2D eigenvalue weighted by atomic mass is 10.0. The van der Waals surface area contributed by atoms with E-state index >= 15 is 0 Å². The van der Waals surface area contributed by atoms with E-state index in [0.717, 1.165) is 11.1 Å². The third-order valence-corrected chi connectivity index (χ3v) is 4.52. The van der Waals surface area contributed by atoms with E-state index in [1.165, 1.54) is 11.0 Å². The molecule has 6 heteroatoms. The molecule has 6 nitrogen and oxygen atoms in total. The molecule has 1 atom stereocenters. The van der Waals surface area contributed by atoms with Gasteiger partial charge in [-0.2, -0.15) is 0 Å². The first-order valence-electron chi connectivity index (χ1n) is 9.14. The van der Waals surface area contributed by atoms with Crippen molar-refractivity contribution in [3.63, 3.8) is 0 Å². The third-order valence-electron chi connectivity index (χ3n) is 4.52. The van der Waals surface area contributed by atoms with Crippen molar-refractivity contribution in [2.45, 2.75) is 26.8 Å². The summed E-state index contributed by atoms with van der Waals surface area (Å²) in [5.74, 6) is -1.45. The number of nitrogens with zero attached hydrogens (tertiary/aromatic N) is 2. The number of rotatable bonds is 6. The van der Waals surface area contributed by atoms with Crippen LogP contribution in [-0.2, 0) is 9.59 Å². The van der Waals surface area contributed by atoms with Crippen LogP contribution in [-0.4, -0.2) is 33.8 Å². The van der Waals surface area contributed by atoms with Crippen molar-refractivity contribution in [3.8, 4) is 0 Å². The molecule has 2 rings (SSSR count). The normalized spacial score (nSPS) is 16.5. The van der Waals surface area contributed by atoms with Gasteiger partial charge in [-0.05, 0) is 43.6 Å². The molecule has 1 aromatic rings. The summed E-state index contributed by atoms with van der Waals surface area (Å²) in [4.78, 5) is 29.7. The predicted molar refractivity (Wildman–Crippen MR) is 116 cm³/mol. The second-order valence-electron chi connectivity index (χ2n) is 6.51. The molecule has 1 aliphatic rings. The number of aliphatic carboxylic acids is 1. The maximum atomic E-state index is 12.8. The Bertz CT molecular complexity index is 966. The second kappa shape index (κ2) is 9.50. The van der Waals surface area contributed by atoms with E-state index in [4.69, 9.17) is 5.73 Å². The van der Waals surface area contributed by atoms with Crippen molar-refractivity contribution in [2.75, 3.05) is 0 Å². The average Bonchev–Trinajstić information content (AvgIpc) is 2.68. The number of amides is 1. The molecule has 1 aliphatic heterocycles. The van der Waals surface area contributed by atoms with Crippen LogP contribution in [0.4, 0.5) is 0 Å². The maximum absolute atomic E-state index is 12.8. The third kappa shape index (κ3) is 5.19. The fourth-order valence-electron chi connectivity index (χ4n) is 2.91. The highest BCUT2D eigenvalue weighted by Crippen LogP contribution is 2.25. The van der Waals surface area contributed by atoms with Crippen molar-refractivity contribution >= 4 is 23.3 Å². The van der Waals surface area contributed by atoms with Crippen molar-refractivity contribution in [1.82, 2.24) is 4.90 Å². The first kappa shape index (κ1) is 21.6. The summed E-state index contributed by atoms with van der Waals surface area (Å²) in [5, 5.41) is 9.18. The number of aliphatic imine (C=N–C) groups is 1. The van der Waals surface area contributed by atoms with Crippen LogP contribution in [0.1, 0.15) is 26.3 Å². The lowest BCUT2D eigenvalue weighted by molar-refractivity contribution is -0.132. The van der Waals surface area contributed by atoms with E-state index < -0.39 is 12.0 Å². The maximum Gasteiger partial charge on any atom is 0.339 e. The van der Waals surface area contributed by atoms with Gasteiger partial charge in [-0.1, -0.05) is 49.1 Å². The fraction of sp³-hybridized carbons (Fsp3) is 0.174. The number of carboxylic acid groups (broad SMARTS) is 1. The molecule has 0 bridgehead atoms. The van der Waals surface area contributed by atoms with Gasteiger partial charge in [0.05, 0.1) is 11.6 Å². The van der Waals surface area contributed by atoms with Gasteiger partial charge in [0.15, 0.2) is 0 Å². The number of allylic oxidation sites excluding steroid dienone is 4. The quantitative estimate of drug-likeness (QED) is 0.439. The Morgan fingerprint density at radius 1 is 1.28 bits per heavy atom. The highest BCUT2D eigenvalue weighted by atomic mass is 16.4. The summed E-state index contributed by atoms with van der Waals surface area (Å²) < 4.78 is 0. The van der Waals surface area contributed by atoms with Gasteiger partial charge in [0.1, 0.15) is 5.84 Å². The summed E-state index contributed by atoms with van der Waals surface area (Å²) in [6, 6.07) is 9.15. The van der Waals surface area contributed by atoms with E-state index in [9.17, 15) is 14.7 Å². The molecule has 0 aromatic heterocycles. The Hall–Kier alpha value is -3.67. The van der Waals surface area contributed by atoms with Crippen LogP contribution in [0.2, 0.25) is 0 Å². The number of carbonyl (C=O) groups excluding carboxylic acids is 1. The monoisotopic (exact) mass is 391 g/mol. The van der Waals surface area contributed by atoms with Crippen LogP contribution in [0.3, 0.4) is 0 Å². The number of benzene rings is 1. The number of hydrogen-bond acceptors (Lipinski definition) is 3. The Morgan fingerprint density at radius 2 is 1.93 bits per heavy atom. The molecule has 1 heterocycles. The Balaban J connectivity index is 2.22. The molecule has 1 unspecified atom stereocenters. The van der Waals surface area contributed by atoms with Crippen LogP contribution in [0, 0.1) is 0 Å². The average molecular weight is 391 g/mol. The Morgan fingerprint density at radius 3 is 2.52 bits per heavy atom. The zero-order valence-corrected chi connectivity index (χ0v) is 16.8. The fourth-order valence-corrected chi connectivity index (χ4v) is 2.91. The van der Waals surface area contributed by atoms with E-state index in [1.54, 1.807) is 38.3 Å². The predicted octanol–water partition coefficient (Wildman–Crippen LogP) is 3.66. The minimum atomic E-state index is -1.14. The molecule has 0 radical (unpaired) electrons. The van der Waals surface area contributed by atoms with Gasteiger partial charge in [0, 0.05) is 18.0 Å². The summed E-state index contributed by atoms with van der Waals surface area (Å²) in [7, 11) is 0. The van der Waals surface area contributed by atoms with Gasteiger partial charge >= 0.3 is 5.97 Å². The van der Waals surface area contributed by atoms with Gasteiger partial charge in [0.25, 0.3) is 5.91 Å². The SMILES string of the molecule is C=C1C(C(C)N=C(N)/C(=C\C)C(=O)O)=CC=CN1C(=O)/C=C(\C)c1ccccc1. The van der Waals surface area contributed by atoms with Crippen molar-refractivity contribution in [2.24, 2.45) is 10.7 Å². The van der Waals surface area contributed by atoms with Crippen LogP contribution < -0.4 is 5.73 Å². The van der Waals surface area contributed by atoms with E-state index in [2.05, 4.69) is 11.6 Å². The van der Waals surface area contributed by atoms with E-state index in [-0.39, 0.29) is 17.3 Å². The lowest BCUT2D eigenvalue weighted by Gasteiger charge is -2.26. The zero-order chi connectivity index (χ0) is 21.6. The molecule has 150 valence electrons. The van der Waals surface area contributed by atoms with E-state index in [1.807, 2.05) is 37.3 Å². The molecular weight excluding hydrogens is 366 g/mol. The number of hydrogen-bond donors (Lipinski definition) is 2. The number of carbonyl (C=O) groups is 2. The molecule has 29 heavy (non-hydrogen) atoms. The highest BCUT2D eigenvalue weighted by molar-refractivity contribution is 6.17. The molecule has 0 saturated carbocycles. The van der Waals surface area contributed by atoms with E-state index in [0.29, 0.717) is 11.3 Å². The largest absolute Gasteiger partial charge is 0.478 e. The van der Waals surface area contributed by atoms with Gasteiger partial charge in [-0.3, -0.25) is 14.7 Å². The summed E-state index contributed by atoms with van der Waals surface area (Å²) in [6.07, 6.45) is 8.10. The number of nitrogens with two attached hydrogens (primary N) is 1. The van der Waals surface area contributed by atoms with Gasteiger partial charge in [-0.25, -0.2) is 4.79 Å². The van der Waals surface area contributed by atoms with Crippen molar-refractivity contribution < 1.29 is 14.7 Å². The van der Waals surface area contributed by atoms with Crippen molar-refractivity contribution in [1.29, 1.82) is 0 Å². The van der Waals surface area contributed by atoms with Crippen molar-refractivity contribution in [3.05, 3.63) is 89.8 Å². The standard InChI is InChI=1S/C23H25N3O3/c1-5-19(23(28)29)22(24)25-16(3)20-12-9-13-26(17(20)4)21(27)14-15(2)18-10-7-6-8-11-18/h5-14,16H,4H2,1-3H3,(H2,24,25)(H,28,29)/b15-14+,19-5+. The molecular formula is C23H25N3O3. The Kier molecular flexibility index (Phi) is 7.09. The summed E-state index contributed by atoms with van der Waals surface area (Å²) in [6.45, 7) is 9.25. The second-order valence-corrected chi connectivity index (χ2v) is 6.51. The molecule has 0 spiro atoms. The van der Waals surface area contributed by atoms with Gasteiger partial charge in [-0.15, -0.1) is 0 Å². The van der Waals surface area contributed by atoms with Crippen LogP contribution >= 0.6 is 0 Å². The summed E-state index contributed by atoms with van der Waals surface area (Å²) in [5.41, 5.74) is 8.72. The topological polar surface area (TPSA) is 96.0 Å². The summed E-state index contributed by atoms with van der Waals surface area (Å²) >= 11 is 0. The minimum absolute atomic E-state index is 0.0660. The molecule has 0 saturated heterocycles. The minimum Gasteiger partial charge on any atom is -0.478 e. The first-order valence-corrected chi connectivity index (χ1v) is 9.14. The highest BCUT2D eigenvalue weighted by Gasteiger charge is 2.23. The smallest absolute Gasteiger partial charge is 0.339 e. The van der Waals surface area contributed by atoms with Crippen LogP contribution in [0.15, 0.2) is 89.3 Å². The molecule has 3 N–H and O–H groups in total. The lowest BCUT2D eigenvalue weighted by Crippen LogP contribution is -2.29. The molecule has 0 fully saturated rings. The van der Waals surface area contributed by atoms with Gasteiger partial charge in [0.2, 0.25) is 0 Å². The van der Waals surface area contributed by atoms with Crippen LogP contribution in [0.5, 0.6) is 0 Å². The molecule has 1 aromatic carbocycles. The van der Waals surface area contributed by atoms with Crippen LogP contribution in [0.25, 0.3) is 5.57 Å². The number of amidine groups is 1. The first-order chi connectivity index (χ1) is 13.8. The molecule has 1 amide bonds. The Labute approximate surface area is 170 Å². The van der Waals surface area contributed by atoms with Gasteiger partial charge < -0.3 is 10.8 Å². The zero-order valence-electron chi connectivity index (χ0n) is 16.8. The number of carboxylic acids is 1. The molecule has 0 aliphatic carbocycles.